The van der Waals surface area contributed by atoms with E-state index < -0.39 is 17.7 Å². The molecule has 5 rings (SSSR count). The number of imidazole rings is 1. The summed E-state index contributed by atoms with van der Waals surface area (Å²) in [6.07, 6.45) is -0.395. The van der Waals surface area contributed by atoms with Gasteiger partial charge in [0.05, 0.1) is 5.56 Å². The van der Waals surface area contributed by atoms with Gasteiger partial charge >= 0.3 is 12.1 Å². The summed E-state index contributed by atoms with van der Waals surface area (Å²) in [5.41, 5.74) is 3.56. The molecular weight excluding hydrogens is 507 g/mol. The molecule has 204 valence electrons. The third-order valence-electron chi connectivity index (χ3n) is 7.52. The van der Waals surface area contributed by atoms with E-state index in [2.05, 4.69) is 15.3 Å². The van der Waals surface area contributed by atoms with Crippen molar-refractivity contribution in [3.63, 3.8) is 0 Å². The summed E-state index contributed by atoms with van der Waals surface area (Å²) in [6, 6.07) is 11.1. The van der Waals surface area contributed by atoms with Crippen LogP contribution in [0, 0.1) is 12.8 Å². The second kappa shape index (κ2) is 10.3. The second-order valence-corrected chi connectivity index (χ2v) is 10.2. The molecular formula is C29H30F3N5O2. The van der Waals surface area contributed by atoms with Crippen molar-refractivity contribution in [3.8, 4) is 11.4 Å². The summed E-state index contributed by atoms with van der Waals surface area (Å²) in [7, 11) is 0. The highest BCUT2D eigenvalue weighted by Gasteiger charge is 2.31. The van der Waals surface area contributed by atoms with Gasteiger partial charge in [-0.05, 0) is 68.4 Å². The molecule has 0 spiro atoms. The second-order valence-electron chi connectivity index (χ2n) is 10.2. The number of aromatic carboxylic acids is 1. The molecule has 2 heterocycles. The molecule has 0 radical (unpaired) electrons. The maximum Gasteiger partial charge on any atom is 0.416 e. The first kappa shape index (κ1) is 26.6. The number of hydrogen-bond acceptors (Lipinski definition) is 5. The van der Waals surface area contributed by atoms with Crippen molar-refractivity contribution in [1.29, 1.82) is 0 Å². The minimum atomic E-state index is -4.43. The van der Waals surface area contributed by atoms with Crippen molar-refractivity contribution < 1.29 is 23.1 Å². The van der Waals surface area contributed by atoms with Crippen molar-refractivity contribution in [1.82, 2.24) is 19.5 Å². The van der Waals surface area contributed by atoms with Crippen LogP contribution in [-0.2, 0) is 19.1 Å². The molecule has 1 atom stereocenters. The van der Waals surface area contributed by atoms with E-state index in [9.17, 15) is 23.1 Å². The van der Waals surface area contributed by atoms with Crippen molar-refractivity contribution in [2.75, 3.05) is 5.32 Å². The van der Waals surface area contributed by atoms with Crippen LogP contribution in [0.5, 0.6) is 0 Å². The smallest absolute Gasteiger partial charge is 0.416 e. The fourth-order valence-corrected chi connectivity index (χ4v) is 5.05. The molecule has 0 saturated heterocycles. The van der Waals surface area contributed by atoms with Gasteiger partial charge in [-0.15, -0.1) is 0 Å². The third kappa shape index (κ3) is 5.32. The van der Waals surface area contributed by atoms with Gasteiger partial charge < -0.3 is 15.0 Å². The third-order valence-corrected chi connectivity index (χ3v) is 7.52. The average molecular weight is 538 g/mol. The Morgan fingerprint density at radius 1 is 1.13 bits per heavy atom. The molecule has 10 heteroatoms. The number of aromatic nitrogens is 4. The summed E-state index contributed by atoms with van der Waals surface area (Å²) in [4.78, 5) is 25.3. The maximum atomic E-state index is 13.2. The van der Waals surface area contributed by atoms with E-state index in [0.29, 0.717) is 28.6 Å². The van der Waals surface area contributed by atoms with Crippen LogP contribution in [0.25, 0.3) is 22.6 Å². The van der Waals surface area contributed by atoms with Gasteiger partial charge in [0.25, 0.3) is 0 Å². The average Bonchev–Trinajstić information content (AvgIpc) is 3.21. The van der Waals surface area contributed by atoms with E-state index in [1.165, 1.54) is 12.1 Å². The van der Waals surface area contributed by atoms with Gasteiger partial charge in [0.15, 0.2) is 11.5 Å². The molecule has 0 bridgehead atoms. The van der Waals surface area contributed by atoms with Gasteiger partial charge in [0.1, 0.15) is 11.3 Å². The zero-order chi connectivity index (χ0) is 27.9. The van der Waals surface area contributed by atoms with Crippen molar-refractivity contribution in [3.05, 3.63) is 70.5 Å². The van der Waals surface area contributed by atoms with Crippen molar-refractivity contribution in [2.45, 2.75) is 65.2 Å². The molecule has 2 aromatic heterocycles. The molecule has 1 unspecified atom stereocenters. The minimum Gasteiger partial charge on any atom is -0.475 e. The molecule has 1 aliphatic carbocycles. The minimum absolute atomic E-state index is 0.0431. The number of benzene rings is 2. The number of alkyl halides is 3. The Labute approximate surface area is 224 Å². The molecule has 2 N–H and O–H groups in total. The molecule has 1 fully saturated rings. The van der Waals surface area contributed by atoms with E-state index in [0.717, 1.165) is 54.5 Å². The van der Waals surface area contributed by atoms with Crippen LogP contribution >= 0.6 is 0 Å². The van der Waals surface area contributed by atoms with E-state index in [-0.39, 0.29) is 24.1 Å². The summed E-state index contributed by atoms with van der Waals surface area (Å²) in [5, 5.41) is 13.1. The van der Waals surface area contributed by atoms with Crippen molar-refractivity contribution >= 4 is 23.0 Å². The Kier molecular flexibility index (Phi) is 7.05. The van der Waals surface area contributed by atoms with Crippen LogP contribution in [0.3, 0.4) is 0 Å². The first-order valence-corrected chi connectivity index (χ1v) is 13.1. The zero-order valence-electron chi connectivity index (χ0n) is 22.0. The lowest BCUT2D eigenvalue weighted by molar-refractivity contribution is -0.137. The monoisotopic (exact) mass is 537 g/mol. The van der Waals surface area contributed by atoms with E-state index in [1.807, 2.05) is 43.5 Å². The molecule has 0 aliphatic heterocycles. The van der Waals surface area contributed by atoms with Crippen LogP contribution in [0.1, 0.15) is 66.0 Å². The summed E-state index contributed by atoms with van der Waals surface area (Å²) in [5.74, 6) is -0.274. The number of halogens is 3. The Morgan fingerprint density at radius 3 is 2.44 bits per heavy atom. The van der Waals surface area contributed by atoms with Gasteiger partial charge in [-0.25, -0.2) is 19.7 Å². The summed E-state index contributed by atoms with van der Waals surface area (Å²) < 4.78 is 41.5. The number of carboxylic acids is 1. The number of carboxylic acid groups (broad SMARTS) is 1. The largest absolute Gasteiger partial charge is 0.475 e. The predicted octanol–water partition coefficient (Wildman–Crippen LogP) is 6.73. The first-order valence-electron chi connectivity index (χ1n) is 13.1. The lowest BCUT2D eigenvalue weighted by atomic mass is 9.80. The molecule has 4 aromatic rings. The Morgan fingerprint density at radius 2 is 1.85 bits per heavy atom. The van der Waals surface area contributed by atoms with E-state index >= 15 is 0 Å². The van der Waals surface area contributed by atoms with Gasteiger partial charge in [-0.3, -0.25) is 0 Å². The number of fused-ring (bicyclic) bond motifs is 1. The van der Waals surface area contributed by atoms with Crippen LogP contribution in [0.2, 0.25) is 0 Å². The number of anilines is 1. The highest BCUT2D eigenvalue weighted by atomic mass is 19.4. The lowest BCUT2D eigenvalue weighted by Crippen LogP contribution is -2.31. The van der Waals surface area contributed by atoms with Crippen LogP contribution in [0.4, 0.5) is 19.0 Å². The number of nitrogens with one attached hydrogen (secondary N) is 1. The molecule has 1 aliphatic rings. The Bertz CT molecular complexity index is 1520. The van der Waals surface area contributed by atoms with Gasteiger partial charge in [-0.1, -0.05) is 43.2 Å². The highest BCUT2D eigenvalue weighted by molar-refractivity contribution is 5.92. The molecule has 0 amide bonds. The van der Waals surface area contributed by atoms with Crippen LogP contribution in [0.15, 0.2) is 42.5 Å². The van der Waals surface area contributed by atoms with Crippen LogP contribution in [-0.4, -0.2) is 36.6 Å². The predicted molar refractivity (Wildman–Crippen MR) is 143 cm³/mol. The molecule has 39 heavy (non-hydrogen) atoms. The van der Waals surface area contributed by atoms with E-state index in [4.69, 9.17) is 4.98 Å². The standard InChI is InChI=1S/C29H30F3N5O2/c1-4-19-11-8-16(2)14-22(19)27-36-25-23(37(27)15-18-9-12-21(13-10-18)29(30,31)32)24(34-26(35-25)28(38)39)33-17(3)20-6-5-7-20/h8-14,17,20H,4-7,15H2,1-3H3,(H,38,39)(H,33,34,35). The fourth-order valence-electron chi connectivity index (χ4n) is 5.05. The topological polar surface area (TPSA) is 92.9 Å². The maximum absolute atomic E-state index is 13.2. The van der Waals surface area contributed by atoms with Crippen LogP contribution < -0.4 is 5.32 Å². The molecule has 1 saturated carbocycles. The summed E-state index contributed by atoms with van der Waals surface area (Å²) in [6.45, 7) is 6.25. The van der Waals surface area contributed by atoms with E-state index in [1.54, 1.807) is 0 Å². The normalized spacial score (nSPS) is 14.8. The number of aryl methyl sites for hydroxylation is 2. The molecule has 2 aromatic carbocycles. The molecule has 7 nitrogen and oxygen atoms in total. The van der Waals surface area contributed by atoms with Gasteiger partial charge in [0.2, 0.25) is 5.82 Å². The van der Waals surface area contributed by atoms with Gasteiger partial charge in [-0.2, -0.15) is 13.2 Å². The number of hydrogen-bond donors (Lipinski definition) is 2. The SMILES string of the molecule is CCc1ccc(C)cc1-c1nc2nc(C(=O)O)nc(NC(C)C3CCC3)c2n1Cc1ccc(C(F)(F)F)cc1. The number of carbonyl (C=O) groups is 1. The van der Waals surface area contributed by atoms with Gasteiger partial charge in [0, 0.05) is 18.2 Å². The summed E-state index contributed by atoms with van der Waals surface area (Å²) >= 11 is 0. The number of nitrogens with zero attached hydrogens (tertiary/aromatic N) is 4. The number of rotatable bonds is 8. The highest BCUT2D eigenvalue weighted by Crippen LogP contribution is 2.35. The lowest BCUT2D eigenvalue weighted by Gasteiger charge is -2.32. The van der Waals surface area contributed by atoms with Crippen molar-refractivity contribution in [2.24, 2.45) is 5.92 Å². The Hall–Kier alpha value is -3.95. The zero-order valence-corrected chi connectivity index (χ0v) is 22.0. The fraction of sp³-hybridized carbons (Fsp3) is 0.379. The first-order chi connectivity index (χ1) is 18.5. The Balaban J connectivity index is 1.72. The quantitative estimate of drug-likeness (QED) is 0.259.